The number of hydrogen-bond donors (Lipinski definition) is 0. The molecule has 1 aliphatic heterocycles. The van der Waals surface area contributed by atoms with E-state index in [2.05, 4.69) is 16.5 Å². The van der Waals surface area contributed by atoms with E-state index >= 15 is 0 Å². The Balaban J connectivity index is 1.37. The Morgan fingerprint density at radius 3 is 2.74 bits per heavy atom. The third-order valence-electron chi connectivity index (χ3n) is 3.71. The van der Waals surface area contributed by atoms with Crippen molar-refractivity contribution in [1.82, 2.24) is 15.0 Å². The summed E-state index contributed by atoms with van der Waals surface area (Å²) in [5.41, 5.74) is 0.982. The first-order chi connectivity index (χ1) is 11.3. The van der Waals surface area contributed by atoms with E-state index in [9.17, 15) is 4.79 Å². The number of ether oxygens (including phenoxy) is 2. The van der Waals surface area contributed by atoms with Crippen LogP contribution in [0.25, 0.3) is 0 Å². The lowest BCUT2D eigenvalue weighted by Crippen LogP contribution is -2.41. The summed E-state index contributed by atoms with van der Waals surface area (Å²) in [7, 11) is 0. The number of likely N-dealkylation sites (tertiary alicyclic amines) is 1. The van der Waals surface area contributed by atoms with Crippen molar-refractivity contribution in [2.45, 2.75) is 32.2 Å². The highest BCUT2D eigenvalue weighted by atomic mass is 16.6. The Kier molecular flexibility index (Phi) is 5.21. The number of piperidine rings is 1. The number of hydrogen-bond acceptors (Lipinski definition) is 6. The lowest BCUT2D eigenvalue weighted by molar-refractivity contribution is -0.0130. The van der Waals surface area contributed by atoms with E-state index in [0.717, 1.165) is 18.4 Å². The Hall–Kier alpha value is -2.41. The fourth-order valence-electron chi connectivity index (χ4n) is 2.43. The largest absolute Gasteiger partial charge is 0.445 e. The minimum absolute atomic E-state index is 0.0834. The number of amides is 1. The molecule has 121 valence electrons. The van der Waals surface area contributed by atoms with Gasteiger partial charge in [0.2, 0.25) is 6.33 Å². The second-order valence-electron chi connectivity index (χ2n) is 5.33. The predicted molar refractivity (Wildman–Crippen MR) is 79.1 cm³/mol. The van der Waals surface area contributed by atoms with Crippen molar-refractivity contribution in [1.29, 1.82) is 0 Å². The molecular formula is C16H18N3O4. The lowest BCUT2D eigenvalue weighted by atomic mass is 10.1. The number of aromatic nitrogens is 2. The van der Waals surface area contributed by atoms with Gasteiger partial charge < -0.3 is 18.9 Å². The van der Waals surface area contributed by atoms with Crippen LogP contribution in [0.15, 0.2) is 34.9 Å². The molecule has 7 nitrogen and oxygen atoms in total. The Morgan fingerprint density at radius 1 is 1.26 bits per heavy atom. The molecule has 3 rings (SSSR count). The summed E-state index contributed by atoms with van der Waals surface area (Å²) in [6, 6.07) is 9.65. The van der Waals surface area contributed by atoms with Crippen LogP contribution in [0.5, 0.6) is 0 Å². The second kappa shape index (κ2) is 7.73. The molecule has 23 heavy (non-hydrogen) atoms. The fourth-order valence-corrected chi connectivity index (χ4v) is 2.43. The molecule has 0 bridgehead atoms. The van der Waals surface area contributed by atoms with Crippen molar-refractivity contribution in [2.24, 2.45) is 0 Å². The van der Waals surface area contributed by atoms with Gasteiger partial charge in [-0.05, 0) is 18.4 Å². The summed E-state index contributed by atoms with van der Waals surface area (Å²) in [5.74, 6) is 0.412. The fraction of sp³-hybridized carbons (Fsp3) is 0.438. The number of carbonyl (C=O) groups excluding carboxylic acids is 1. The summed E-state index contributed by atoms with van der Waals surface area (Å²) in [4.78, 5) is 17.5. The summed E-state index contributed by atoms with van der Waals surface area (Å²) in [5, 5.41) is 3.41. The van der Waals surface area contributed by atoms with Gasteiger partial charge in [0, 0.05) is 13.1 Å². The topological polar surface area (TPSA) is 77.7 Å². The zero-order valence-corrected chi connectivity index (χ0v) is 12.7. The molecule has 0 saturated carbocycles. The van der Waals surface area contributed by atoms with E-state index in [1.165, 1.54) is 0 Å². The number of rotatable bonds is 5. The van der Waals surface area contributed by atoms with E-state index in [0.29, 0.717) is 25.6 Å². The summed E-state index contributed by atoms with van der Waals surface area (Å²) in [6.45, 7) is 1.81. The summed E-state index contributed by atoms with van der Waals surface area (Å²) in [6.07, 6.45) is 3.68. The quantitative estimate of drug-likeness (QED) is 0.841. The van der Waals surface area contributed by atoms with Crippen LogP contribution in [0.1, 0.15) is 24.3 Å². The van der Waals surface area contributed by atoms with Crippen molar-refractivity contribution in [3.63, 3.8) is 0 Å². The Labute approximate surface area is 134 Å². The SMILES string of the molecule is O=C(OCc1ccccc1)N1CCC(OCc2n[c]no2)CC1. The van der Waals surface area contributed by atoms with Crippen LogP contribution in [0.3, 0.4) is 0 Å². The average Bonchev–Trinajstić information content (AvgIpc) is 3.13. The molecule has 0 atom stereocenters. The van der Waals surface area contributed by atoms with Gasteiger partial charge in [-0.15, -0.1) is 0 Å². The molecule has 0 N–H and O–H groups in total. The van der Waals surface area contributed by atoms with Crippen LogP contribution >= 0.6 is 0 Å². The first-order valence-electron chi connectivity index (χ1n) is 7.57. The molecule has 1 saturated heterocycles. The van der Waals surface area contributed by atoms with E-state index in [4.69, 9.17) is 14.0 Å². The normalized spacial score (nSPS) is 15.6. The van der Waals surface area contributed by atoms with Crippen LogP contribution in [-0.2, 0) is 22.7 Å². The Morgan fingerprint density at radius 2 is 2.04 bits per heavy atom. The average molecular weight is 316 g/mol. The van der Waals surface area contributed by atoms with Gasteiger partial charge in [-0.2, -0.15) is 4.98 Å². The first-order valence-corrected chi connectivity index (χ1v) is 7.57. The van der Waals surface area contributed by atoms with Gasteiger partial charge >= 0.3 is 6.09 Å². The minimum atomic E-state index is -0.279. The third-order valence-corrected chi connectivity index (χ3v) is 3.71. The van der Waals surface area contributed by atoms with Gasteiger partial charge in [0.15, 0.2) is 0 Å². The monoisotopic (exact) mass is 316 g/mol. The van der Waals surface area contributed by atoms with Crippen molar-refractivity contribution in [2.75, 3.05) is 13.1 Å². The maximum Gasteiger partial charge on any atom is 0.410 e. The van der Waals surface area contributed by atoms with Gasteiger partial charge in [0.05, 0.1) is 6.10 Å². The predicted octanol–water partition coefficient (Wildman–Crippen LogP) is 2.19. The highest BCUT2D eigenvalue weighted by Gasteiger charge is 2.24. The van der Waals surface area contributed by atoms with Gasteiger partial charge in [-0.25, -0.2) is 4.79 Å². The van der Waals surface area contributed by atoms with Crippen LogP contribution < -0.4 is 0 Å². The van der Waals surface area contributed by atoms with Gasteiger partial charge in [0.1, 0.15) is 13.2 Å². The standard InChI is InChI=1S/C16H18N3O4/c20-16(22-10-13-4-2-1-3-5-13)19-8-6-14(7-9-19)21-11-15-17-12-18-23-15/h1-5,14H,6-11H2. The van der Waals surface area contributed by atoms with Crippen LogP contribution in [0.4, 0.5) is 4.79 Å². The molecule has 0 unspecified atom stereocenters. The van der Waals surface area contributed by atoms with E-state index < -0.39 is 0 Å². The smallest absolute Gasteiger partial charge is 0.410 e. The summed E-state index contributed by atoms with van der Waals surface area (Å²) >= 11 is 0. The molecule has 0 spiro atoms. The molecule has 1 aromatic heterocycles. The molecule has 0 aliphatic carbocycles. The molecule has 1 fully saturated rings. The molecule has 1 aliphatic rings. The van der Waals surface area contributed by atoms with Crippen LogP contribution in [-0.4, -0.2) is 40.3 Å². The van der Waals surface area contributed by atoms with Crippen molar-refractivity contribution in [3.05, 3.63) is 48.1 Å². The van der Waals surface area contributed by atoms with Crippen molar-refractivity contribution >= 4 is 6.09 Å². The highest BCUT2D eigenvalue weighted by molar-refractivity contribution is 5.67. The maximum atomic E-state index is 12.0. The second-order valence-corrected chi connectivity index (χ2v) is 5.33. The molecule has 7 heteroatoms. The molecule has 1 amide bonds. The number of nitrogens with zero attached hydrogens (tertiary/aromatic N) is 3. The maximum absolute atomic E-state index is 12.0. The van der Waals surface area contributed by atoms with E-state index in [-0.39, 0.29) is 18.8 Å². The Bertz CT molecular complexity index is 595. The van der Waals surface area contributed by atoms with Gasteiger partial charge in [0.25, 0.3) is 5.89 Å². The van der Waals surface area contributed by atoms with Gasteiger partial charge in [-0.1, -0.05) is 35.5 Å². The zero-order chi connectivity index (χ0) is 15.9. The minimum Gasteiger partial charge on any atom is -0.445 e. The highest BCUT2D eigenvalue weighted by Crippen LogP contribution is 2.16. The molecule has 2 heterocycles. The van der Waals surface area contributed by atoms with Crippen molar-refractivity contribution in [3.8, 4) is 0 Å². The number of carbonyl (C=O) groups is 1. The van der Waals surface area contributed by atoms with Crippen LogP contribution in [0.2, 0.25) is 0 Å². The molecule has 1 radical (unpaired) electrons. The van der Waals surface area contributed by atoms with Gasteiger partial charge in [-0.3, -0.25) is 0 Å². The summed E-state index contributed by atoms with van der Waals surface area (Å²) < 4.78 is 15.9. The number of benzene rings is 1. The molecule has 1 aromatic carbocycles. The van der Waals surface area contributed by atoms with Crippen LogP contribution in [0, 0.1) is 6.33 Å². The van der Waals surface area contributed by atoms with Crippen molar-refractivity contribution < 1.29 is 18.8 Å². The first kappa shape index (κ1) is 15.5. The zero-order valence-electron chi connectivity index (χ0n) is 12.7. The molecular weight excluding hydrogens is 298 g/mol. The molecule has 2 aromatic rings. The lowest BCUT2D eigenvalue weighted by Gasteiger charge is -2.30. The third kappa shape index (κ3) is 4.53. The van der Waals surface area contributed by atoms with E-state index in [1.54, 1.807) is 4.90 Å². The van der Waals surface area contributed by atoms with E-state index in [1.807, 2.05) is 30.3 Å².